The number of aromatic nitrogens is 6. The highest BCUT2D eigenvalue weighted by molar-refractivity contribution is 9.11. The predicted octanol–water partition coefficient (Wildman–Crippen LogP) is 4.49. The van der Waals surface area contributed by atoms with Gasteiger partial charge in [-0.25, -0.2) is 21.0 Å². The first-order valence-electron chi connectivity index (χ1n) is 19.4. The van der Waals surface area contributed by atoms with Gasteiger partial charge < -0.3 is 60.0 Å². The van der Waals surface area contributed by atoms with Crippen molar-refractivity contribution >= 4 is 47.4 Å². The molecule has 0 aliphatic heterocycles. The molecular weight excluding hydrogens is 903 g/mol. The summed E-state index contributed by atoms with van der Waals surface area (Å²) < 4.78 is 29.0. The number of hydrazine groups is 2. The van der Waals surface area contributed by atoms with E-state index in [-0.39, 0.29) is 39.5 Å². The van der Waals surface area contributed by atoms with Crippen molar-refractivity contribution in [1.29, 1.82) is 0 Å². The van der Waals surface area contributed by atoms with E-state index in [1.807, 2.05) is 24.3 Å². The lowest BCUT2D eigenvalue weighted by Gasteiger charge is -2.21. The number of nitrogens with zero attached hydrogens (tertiary/aromatic N) is 8. The molecule has 4 aromatic carbocycles. The third-order valence-corrected chi connectivity index (χ3v) is 16.8. The van der Waals surface area contributed by atoms with Gasteiger partial charge in [0.2, 0.25) is 0 Å². The highest BCUT2D eigenvalue weighted by Crippen LogP contribution is 2.68. The molecule has 2 atom stereocenters. The predicted molar refractivity (Wildman–Crippen MR) is 250 cm³/mol. The summed E-state index contributed by atoms with van der Waals surface area (Å²) in [5.41, 5.74) is 17.6. The van der Waals surface area contributed by atoms with Gasteiger partial charge in [-0.3, -0.25) is 0 Å². The molecule has 0 spiro atoms. The summed E-state index contributed by atoms with van der Waals surface area (Å²) in [6.45, 7) is 0.749. The van der Waals surface area contributed by atoms with Gasteiger partial charge in [-0.15, -0.1) is 10.2 Å². The Hall–Kier alpha value is -5.64. The molecular formula is C40H48N12O8P2S2. The molecule has 0 bridgehead atoms. The maximum Gasteiger partial charge on any atom is 0.372 e. The van der Waals surface area contributed by atoms with Gasteiger partial charge in [-0.2, -0.15) is 0 Å². The molecule has 24 heteroatoms. The largest absolute Gasteiger partial charge is 0.430 e. The van der Waals surface area contributed by atoms with Crippen LogP contribution < -0.4 is 41.2 Å². The standard InChI is InChI=1S/C40H48N12O8P2S2/c41-37(25-49(43)17-21-53)29-1-9-33(10-2-29)57-61(59-35-13-5-31(6-14-35)39-27-51(19-23-55)47-45-39)63-64-62(58-34-11-3-30(4-12-34)38(42)26-50(44)18-22-54)60-36-15-7-32(8-16-36)40-28-52(20-24-56)48-46-40/h1-16,25-28,53-56H,17-24,41-44H2/b37-25-,38-26-. The maximum absolute atomic E-state index is 9.29. The average Bonchev–Trinajstić information content (AvgIpc) is 3.97. The van der Waals surface area contributed by atoms with E-state index in [0.29, 0.717) is 70.0 Å². The zero-order valence-corrected chi connectivity index (χ0v) is 37.6. The lowest BCUT2D eigenvalue weighted by Crippen LogP contribution is -2.29. The summed E-state index contributed by atoms with van der Waals surface area (Å²) >= 11 is 0. The van der Waals surface area contributed by atoms with Crippen molar-refractivity contribution in [3.05, 3.63) is 133 Å². The fourth-order valence-corrected chi connectivity index (χ4v) is 13.7. The second-order valence-electron chi connectivity index (χ2n) is 13.3. The lowest BCUT2D eigenvalue weighted by molar-refractivity contribution is 0.239. The van der Waals surface area contributed by atoms with Gasteiger partial charge in [0.1, 0.15) is 34.4 Å². The van der Waals surface area contributed by atoms with E-state index in [1.165, 1.54) is 43.2 Å². The van der Waals surface area contributed by atoms with Crippen LogP contribution in [-0.4, -0.2) is 99.9 Å². The summed E-state index contributed by atoms with van der Waals surface area (Å²) in [7, 11) is -0.987. The zero-order valence-electron chi connectivity index (χ0n) is 34.2. The first-order valence-corrected chi connectivity index (χ1v) is 25.1. The highest BCUT2D eigenvalue weighted by Gasteiger charge is 2.26. The molecule has 0 saturated carbocycles. The normalized spacial score (nSPS) is 12.7. The van der Waals surface area contributed by atoms with E-state index in [9.17, 15) is 20.4 Å². The quantitative estimate of drug-likeness (QED) is 0.0170. The van der Waals surface area contributed by atoms with E-state index in [1.54, 1.807) is 94.6 Å². The van der Waals surface area contributed by atoms with E-state index in [4.69, 9.17) is 41.2 Å². The Morgan fingerprint density at radius 2 is 0.859 bits per heavy atom. The molecule has 12 N–H and O–H groups in total. The summed E-state index contributed by atoms with van der Waals surface area (Å²) in [6, 6.07) is 28.9. The van der Waals surface area contributed by atoms with Crippen LogP contribution in [0.15, 0.2) is 122 Å². The molecule has 2 aromatic heterocycles. The van der Waals surface area contributed by atoms with Gasteiger partial charge in [0.15, 0.2) is 0 Å². The zero-order chi connectivity index (χ0) is 45.3. The Bertz CT molecular complexity index is 2230. The van der Waals surface area contributed by atoms with Crippen LogP contribution in [0.1, 0.15) is 11.1 Å². The Morgan fingerprint density at radius 3 is 1.17 bits per heavy atom. The number of aliphatic hydroxyl groups excluding tert-OH is 4. The van der Waals surface area contributed by atoms with E-state index in [0.717, 1.165) is 11.1 Å². The van der Waals surface area contributed by atoms with Gasteiger partial charge in [0, 0.05) is 44.4 Å². The number of rotatable bonds is 25. The minimum absolute atomic E-state index is 0.0549. The van der Waals surface area contributed by atoms with Gasteiger partial charge >= 0.3 is 15.2 Å². The third kappa shape index (κ3) is 14.4. The van der Waals surface area contributed by atoms with Crippen molar-refractivity contribution in [2.24, 2.45) is 23.2 Å². The minimum atomic E-state index is -1.79. The molecule has 2 heterocycles. The molecule has 20 nitrogen and oxygen atoms in total. The third-order valence-electron chi connectivity index (χ3n) is 8.61. The van der Waals surface area contributed by atoms with Crippen molar-refractivity contribution in [3.63, 3.8) is 0 Å². The molecule has 0 amide bonds. The summed E-state index contributed by atoms with van der Waals surface area (Å²) in [4.78, 5) is 0. The lowest BCUT2D eigenvalue weighted by atomic mass is 10.2. The Morgan fingerprint density at radius 1 is 0.531 bits per heavy atom. The summed E-state index contributed by atoms with van der Waals surface area (Å²) in [5.74, 6) is 13.8. The van der Waals surface area contributed by atoms with Crippen LogP contribution in [0.4, 0.5) is 0 Å². The molecule has 0 saturated heterocycles. The first kappa shape index (κ1) is 47.8. The molecule has 0 fully saturated rings. The van der Waals surface area contributed by atoms with Crippen molar-refractivity contribution in [1.82, 2.24) is 40.0 Å². The van der Waals surface area contributed by atoms with E-state index in [2.05, 4.69) is 20.6 Å². The van der Waals surface area contributed by atoms with Gasteiger partial charge in [0.05, 0.1) is 76.4 Å². The van der Waals surface area contributed by atoms with Crippen molar-refractivity contribution in [3.8, 4) is 45.5 Å². The molecule has 0 aliphatic rings. The second kappa shape index (κ2) is 24.4. The smallest absolute Gasteiger partial charge is 0.372 e. The highest BCUT2D eigenvalue weighted by atomic mass is 33.5. The van der Waals surface area contributed by atoms with Gasteiger partial charge in [-0.05, 0) is 108 Å². The van der Waals surface area contributed by atoms with Gasteiger partial charge in [-0.1, -0.05) is 10.4 Å². The number of benzene rings is 4. The monoisotopic (exact) mass is 950 g/mol. The maximum atomic E-state index is 9.29. The number of hydrogen-bond acceptors (Lipinski definition) is 20. The number of hydrogen-bond donors (Lipinski definition) is 8. The van der Waals surface area contributed by atoms with Crippen molar-refractivity contribution in [2.45, 2.75) is 13.1 Å². The summed E-state index contributed by atoms with van der Waals surface area (Å²) in [5, 5.41) is 56.1. The molecule has 2 unspecified atom stereocenters. The van der Waals surface area contributed by atoms with Crippen LogP contribution >= 0.6 is 36.0 Å². The van der Waals surface area contributed by atoms with Crippen LogP contribution in [0.25, 0.3) is 33.9 Å². The molecule has 0 aliphatic carbocycles. The van der Waals surface area contributed by atoms with E-state index >= 15 is 0 Å². The van der Waals surface area contributed by atoms with Crippen LogP contribution in [0.2, 0.25) is 0 Å². The molecule has 0 radical (unpaired) electrons. The Balaban J connectivity index is 1.24. The van der Waals surface area contributed by atoms with Gasteiger partial charge in [0.25, 0.3) is 0 Å². The topological polar surface area (TPSA) is 290 Å². The molecule has 64 heavy (non-hydrogen) atoms. The van der Waals surface area contributed by atoms with E-state index < -0.39 is 15.2 Å². The SMILES string of the molecule is N/C(=C\N(N)CCO)c1ccc(OP(Oc2ccc(-c3cn(CCO)nn3)cc2)SSP(Oc2ccc(/C(N)=C/N(N)CCO)cc2)Oc2ccc(-c3cn(CCO)nn3)cc2)cc1. The number of aliphatic hydroxyl groups is 4. The minimum Gasteiger partial charge on any atom is -0.430 e. The molecule has 6 aromatic rings. The average molecular weight is 951 g/mol. The van der Waals surface area contributed by atoms with Crippen molar-refractivity contribution < 1.29 is 38.5 Å². The van der Waals surface area contributed by atoms with Crippen molar-refractivity contribution in [2.75, 3.05) is 39.5 Å². The molecule has 6 rings (SSSR count). The fourth-order valence-electron chi connectivity index (χ4n) is 5.44. The Kier molecular flexibility index (Phi) is 18.3. The first-order chi connectivity index (χ1) is 31.1. The number of nitrogens with two attached hydrogens (primary N) is 4. The fraction of sp³-hybridized carbons (Fsp3) is 0.200. The van der Waals surface area contributed by atoms with Crippen LogP contribution in [0, 0.1) is 0 Å². The van der Waals surface area contributed by atoms with Crippen LogP contribution in [0.5, 0.6) is 23.0 Å². The van der Waals surface area contributed by atoms with Crippen LogP contribution in [-0.2, 0) is 13.1 Å². The Labute approximate surface area is 378 Å². The second-order valence-corrected chi connectivity index (χ2v) is 20.6. The molecule has 338 valence electrons. The van der Waals surface area contributed by atoms with Crippen LogP contribution in [0.3, 0.4) is 0 Å². The summed E-state index contributed by atoms with van der Waals surface area (Å²) in [6.07, 6.45) is 6.58.